The van der Waals surface area contributed by atoms with E-state index >= 15 is 0 Å². The van der Waals surface area contributed by atoms with E-state index in [1.54, 1.807) is 13.2 Å². The van der Waals surface area contributed by atoms with Gasteiger partial charge in [-0.1, -0.05) is 18.6 Å². The second-order valence-corrected chi connectivity index (χ2v) is 6.24. The van der Waals surface area contributed by atoms with Gasteiger partial charge in [0.1, 0.15) is 0 Å². The molecule has 0 saturated heterocycles. The fourth-order valence-electron chi connectivity index (χ4n) is 3.97. The van der Waals surface area contributed by atoms with Crippen LogP contribution in [-0.2, 0) is 0 Å². The fraction of sp³-hybridized carbons (Fsp3) is 0.471. The first-order valence-electron chi connectivity index (χ1n) is 7.62. The molecule has 2 aromatic rings. The Kier molecular flexibility index (Phi) is 2.91. The van der Waals surface area contributed by atoms with Crippen LogP contribution in [-0.4, -0.2) is 19.1 Å². The first-order chi connectivity index (χ1) is 10.2. The lowest BCUT2D eigenvalue weighted by Crippen LogP contribution is -2.38. The van der Waals surface area contributed by atoms with E-state index in [0.29, 0.717) is 29.1 Å². The van der Waals surface area contributed by atoms with E-state index in [-0.39, 0.29) is 5.91 Å². The second kappa shape index (κ2) is 4.79. The van der Waals surface area contributed by atoms with Gasteiger partial charge >= 0.3 is 0 Å². The Morgan fingerprint density at radius 1 is 1.33 bits per heavy atom. The number of methoxy groups -OCH3 is 1. The van der Waals surface area contributed by atoms with Gasteiger partial charge in [-0.3, -0.25) is 4.79 Å². The number of benzene rings is 1. The van der Waals surface area contributed by atoms with Crippen LogP contribution in [0.5, 0.6) is 5.75 Å². The van der Waals surface area contributed by atoms with Crippen molar-refractivity contribution in [1.82, 2.24) is 5.32 Å². The standard InChI is InChI=1S/C17H19NO3/c1-20-14-4-2-3-12-9-15(21-16(12)14)17(19)18-13-8-10-5-6-11(13)7-10/h2-4,9-11,13H,5-8H2,1H3,(H,18,19)/t10-,11+,13+/m0/s1. The molecule has 110 valence electrons. The van der Waals surface area contributed by atoms with Crippen molar-refractivity contribution >= 4 is 16.9 Å². The highest BCUT2D eigenvalue weighted by atomic mass is 16.5. The van der Waals surface area contributed by atoms with Gasteiger partial charge in [-0.05, 0) is 43.2 Å². The Morgan fingerprint density at radius 3 is 2.95 bits per heavy atom. The van der Waals surface area contributed by atoms with Crippen molar-refractivity contribution in [3.63, 3.8) is 0 Å². The topological polar surface area (TPSA) is 51.5 Å². The monoisotopic (exact) mass is 285 g/mol. The maximum atomic E-state index is 12.4. The molecule has 0 spiro atoms. The van der Waals surface area contributed by atoms with Crippen molar-refractivity contribution in [3.05, 3.63) is 30.0 Å². The number of fused-ring (bicyclic) bond motifs is 3. The zero-order chi connectivity index (χ0) is 14.4. The summed E-state index contributed by atoms with van der Waals surface area (Å²) in [6, 6.07) is 7.78. The average molecular weight is 285 g/mol. The minimum Gasteiger partial charge on any atom is -0.493 e. The Bertz CT molecular complexity index is 690. The number of amides is 1. The Labute approximate surface area is 123 Å². The zero-order valence-corrected chi connectivity index (χ0v) is 12.1. The van der Waals surface area contributed by atoms with Gasteiger partial charge < -0.3 is 14.5 Å². The van der Waals surface area contributed by atoms with Gasteiger partial charge in [-0.15, -0.1) is 0 Å². The quantitative estimate of drug-likeness (QED) is 0.940. The summed E-state index contributed by atoms with van der Waals surface area (Å²) in [7, 11) is 1.60. The molecule has 2 aliphatic carbocycles. The fourth-order valence-corrected chi connectivity index (χ4v) is 3.97. The van der Waals surface area contributed by atoms with Gasteiger partial charge in [0.05, 0.1) is 7.11 Å². The molecule has 1 N–H and O–H groups in total. The third-order valence-corrected chi connectivity index (χ3v) is 5.01. The van der Waals surface area contributed by atoms with Crippen LogP contribution >= 0.6 is 0 Å². The van der Waals surface area contributed by atoms with E-state index in [1.807, 2.05) is 18.2 Å². The lowest BCUT2D eigenvalue weighted by Gasteiger charge is -2.22. The molecular weight excluding hydrogens is 266 g/mol. The highest BCUT2D eigenvalue weighted by Gasteiger charge is 2.40. The summed E-state index contributed by atoms with van der Waals surface area (Å²) >= 11 is 0. The number of hydrogen-bond donors (Lipinski definition) is 1. The summed E-state index contributed by atoms with van der Waals surface area (Å²) in [6.07, 6.45) is 4.99. The van der Waals surface area contributed by atoms with Crippen molar-refractivity contribution in [2.75, 3.05) is 7.11 Å². The molecule has 0 unspecified atom stereocenters. The zero-order valence-electron chi connectivity index (χ0n) is 12.1. The number of ether oxygens (including phenoxy) is 1. The number of carbonyl (C=O) groups is 1. The van der Waals surface area contributed by atoms with E-state index in [2.05, 4.69) is 5.32 Å². The molecule has 21 heavy (non-hydrogen) atoms. The minimum atomic E-state index is -0.106. The van der Waals surface area contributed by atoms with Crippen molar-refractivity contribution < 1.29 is 13.9 Å². The molecule has 0 radical (unpaired) electrons. The molecule has 0 aliphatic heterocycles. The molecule has 3 atom stereocenters. The van der Waals surface area contributed by atoms with Crippen LogP contribution < -0.4 is 10.1 Å². The third kappa shape index (κ3) is 2.09. The molecular formula is C17H19NO3. The van der Waals surface area contributed by atoms with Crippen molar-refractivity contribution in [2.45, 2.75) is 31.7 Å². The molecule has 4 heteroatoms. The van der Waals surface area contributed by atoms with E-state index in [1.165, 1.54) is 19.3 Å². The van der Waals surface area contributed by atoms with Gasteiger partial charge in [-0.25, -0.2) is 0 Å². The summed E-state index contributed by atoms with van der Waals surface area (Å²) in [5, 5.41) is 4.05. The highest BCUT2D eigenvalue weighted by molar-refractivity contribution is 5.97. The predicted molar refractivity (Wildman–Crippen MR) is 79.5 cm³/mol. The molecule has 1 amide bonds. The van der Waals surface area contributed by atoms with Crippen LogP contribution in [0, 0.1) is 11.8 Å². The number of nitrogens with one attached hydrogen (secondary N) is 1. The summed E-state index contributed by atoms with van der Waals surface area (Å²) < 4.78 is 11.0. The molecule has 2 fully saturated rings. The van der Waals surface area contributed by atoms with E-state index in [9.17, 15) is 4.79 Å². The maximum absolute atomic E-state index is 12.4. The van der Waals surface area contributed by atoms with Gasteiger partial charge in [-0.2, -0.15) is 0 Å². The smallest absolute Gasteiger partial charge is 0.287 e. The molecule has 4 rings (SSSR count). The Hall–Kier alpha value is -1.97. The molecule has 4 nitrogen and oxygen atoms in total. The summed E-state index contributed by atoms with van der Waals surface area (Å²) in [5.74, 6) is 2.41. The summed E-state index contributed by atoms with van der Waals surface area (Å²) in [5.41, 5.74) is 0.637. The molecule has 1 aromatic carbocycles. The van der Waals surface area contributed by atoms with E-state index in [0.717, 1.165) is 17.7 Å². The van der Waals surface area contributed by atoms with Gasteiger partial charge in [0.25, 0.3) is 5.91 Å². The van der Waals surface area contributed by atoms with Crippen LogP contribution in [0.2, 0.25) is 0 Å². The van der Waals surface area contributed by atoms with E-state index in [4.69, 9.17) is 9.15 Å². The lowest BCUT2D eigenvalue weighted by atomic mass is 9.95. The molecule has 2 saturated carbocycles. The van der Waals surface area contributed by atoms with Gasteiger partial charge in [0.2, 0.25) is 0 Å². The molecule has 1 heterocycles. The van der Waals surface area contributed by atoms with Crippen LogP contribution in [0.4, 0.5) is 0 Å². The first kappa shape index (κ1) is 12.7. The number of hydrogen-bond acceptors (Lipinski definition) is 3. The number of rotatable bonds is 3. The summed E-state index contributed by atoms with van der Waals surface area (Å²) in [4.78, 5) is 12.4. The van der Waals surface area contributed by atoms with E-state index < -0.39 is 0 Å². The molecule has 1 aromatic heterocycles. The molecule has 2 aliphatic rings. The average Bonchev–Trinajstić information content (AvgIpc) is 3.20. The van der Waals surface area contributed by atoms with Crippen molar-refractivity contribution in [2.24, 2.45) is 11.8 Å². The second-order valence-electron chi connectivity index (χ2n) is 6.24. The molecule has 2 bridgehead atoms. The van der Waals surface area contributed by atoms with Crippen LogP contribution in [0.3, 0.4) is 0 Å². The Morgan fingerprint density at radius 2 is 2.24 bits per heavy atom. The predicted octanol–water partition coefficient (Wildman–Crippen LogP) is 3.36. The van der Waals surface area contributed by atoms with Crippen molar-refractivity contribution in [3.8, 4) is 5.75 Å². The largest absolute Gasteiger partial charge is 0.493 e. The van der Waals surface area contributed by atoms with Gasteiger partial charge in [0.15, 0.2) is 17.1 Å². The van der Waals surface area contributed by atoms with Crippen molar-refractivity contribution in [1.29, 1.82) is 0 Å². The number of carbonyl (C=O) groups excluding carboxylic acids is 1. The minimum absolute atomic E-state index is 0.106. The van der Waals surface area contributed by atoms with Gasteiger partial charge in [0, 0.05) is 11.4 Å². The summed E-state index contributed by atoms with van der Waals surface area (Å²) in [6.45, 7) is 0. The number of furan rings is 1. The maximum Gasteiger partial charge on any atom is 0.287 e. The first-order valence-corrected chi connectivity index (χ1v) is 7.62. The van der Waals surface area contributed by atoms with Crippen LogP contribution in [0.25, 0.3) is 11.0 Å². The SMILES string of the molecule is COc1cccc2cc(C(=O)N[C@@H]3C[C@H]4CC[C@@H]3C4)oc12. The Balaban J connectivity index is 1.57. The van der Waals surface area contributed by atoms with Crippen LogP contribution in [0.15, 0.2) is 28.7 Å². The lowest BCUT2D eigenvalue weighted by molar-refractivity contribution is 0.0897. The highest BCUT2D eigenvalue weighted by Crippen LogP contribution is 2.44. The normalized spacial score (nSPS) is 27.2. The third-order valence-electron chi connectivity index (χ3n) is 5.01. The van der Waals surface area contributed by atoms with Crippen LogP contribution in [0.1, 0.15) is 36.2 Å². The number of para-hydroxylation sites is 1.